The summed E-state index contributed by atoms with van der Waals surface area (Å²) < 4.78 is 0. The highest BCUT2D eigenvalue weighted by molar-refractivity contribution is 7.84. The Morgan fingerprint density at radius 3 is 2.91 bits per heavy atom. The highest BCUT2D eigenvalue weighted by Gasteiger charge is 2.14. The summed E-state index contributed by atoms with van der Waals surface area (Å²) in [6.45, 7) is 0. The van der Waals surface area contributed by atoms with E-state index < -0.39 is 5.91 Å². The molecule has 0 spiro atoms. The van der Waals surface area contributed by atoms with E-state index in [0.29, 0.717) is 4.91 Å². The molecule has 0 aromatic carbocycles. The van der Waals surface area contributed by atoms with E-state index in [1.54, 1.807) is 12.2 Å². The highest BCUT2D eigenvalue weighted by Crippen LogP contribution is 2.15. The van der Waals surface area contributed by atoms with E-state index >= 15 is 0 Å². The van der Waals surface area contributed by atoms with E-state index in [2.05, 4.69) is 17.9 Å². The lowest BCUT2D eigenvalue weighted by atomic mass is 10.3. The van der Waals surface area contributed by atoms with Crippen molar-refractivity contribution >= 4 is 30.1 Å². The van der Waals surface area contributed by atoms with Gasteiger partial charge in [-0.1, -0.05) is 11.6 Å². The minimum absolute atomic E-state index is 0.260. The van der Waals surface area contributed by atoms with Gasteiger partial charge in [-0.3, -0.25) is 4.79 Å². The fourth-order valence-corrected chi connectivity index (χ4v) is 1.16. The minimum atomic E-state index is -0.551. The van der Waals surface area contributed by atoms with Crippen molar-refractivity contribution in [2.24, 2.45) is 5.73 Å². The van der Waals surface area contributed by atoms with Crippen LogP contribution < -0.4 is 11.1 Å². The number of halogens is 1. The first-order chi connectivity index (χ1) is 5.11. The normalized spacial score (nSPS) is 23.3. The first kappa shape index (κ1) is 8.49. The van der Waals surface area contributed by atoms with E-state index in [1.165, 1.54) is 0 Å². The van der Waals surface area contributed by atoms with E-state index in [-0.39, 0.29) is 11.2 Å². The van der Waals surface area contributed by atoms with Crippen LogP contribution in [0.4, 0.5) is 0 Å². The molecule has 0 bridgehead atoms. The molecule has 1 amide bonds. The van der Waals surface area contributed by atoms with Crippen LogP contribution in [0, 0.1) is 0 Å². The Morgan fingerprint density at radius 1 is 1.82 bits per heavy atom. The number of rotatable bonds is 1. The number of dihydropyridines is 1. The van der Waals surface area contributed by atoms with Crippen molar-refractivity contribution in [2.75, 3.05) is 0 Å². The van der Waals surface area contributed by atoms with Gasteiger partial charge in [-0.25, -0.2) is 0 Å². The maximum absolute atomic E-state index is 10.7. The molecule has 1 heterocycles. The van der Waals surface area contributed by atoms with Crippen LogP contribution in [0.15, 0.2) is 22.8 Å². The number of allylic oxidation sites excluding steroid dienone is 1. The lowest BCUT2D eigenvalue weighted by Gasteiger charge is -2.16. The summed E-state index contributed by atoms with van der Waals surface area (Å²) in [6.07, 6.45) is 3.31. The van der Waals surface area contributed by atoms with Gasteiger partial charge in [-0.05, 0) is 12.2 Å². The molecule has 1 aliphatic heterocycles. The van der Waals surface area contributed by atoms with Gasteiger partial charge in [0.2, 0.25) is 0 Å². The summed E-state index contributed by atoms with van der Waals surface area (Å²) in [6, 6.07) is 0. The molecule has 3 N–H and O–H groups in total. The van der Waals surface area contributed by atoms with Gasteiger partial charge >= 0.3 is 0 Å². The van der Waals surface area contributed by atoms with Crippen LogP contribution >= 0.6 is 24.2 Å². The van der Waals surface area contributed by atoms with Crippen molar-refractivity contribution in [1.82, 2.24) is 5.32 Å². The van der Waals surface area contributed by atoms with E-state index in [0.717, 1.165) is 0 Å². The van der Waals surface area contributed by atoms with Crippen molar-refractivity contribution < 1.29 is 4.79 Å². The summed E-state index contributed by atoms with van der Waals surface area (Å²) in [7, 11) is 0. The Hall–Kier alpha value is -0.610. The number of nitrogens with one attached hydrogen (secondary N) is 1. The zero-order chi connectivity index (χ0) is 8.43. The maximum atomic E-state index is 10.7. The average Bonchev–Trinajstić information content (AvgIpc) is 1.94. The molecule has 1 atom stereocenters. The number of carbonyl (C=O) groups excluding carboxylic acids is 1. The fraction of sp³-hybridized carbons (Fsp3) is 0.167. The second-order valence-corrected chi connectivity index (χ2v) is 2.98. The number of alkyl halides is 1. The predicted octanol–water partition coefficient (Wildman–Crippen LogP) is 0.337. The molecule has 3 nitrogen and oxygen atoms in total. The fourth-order valence-electron chi connectivity index (χ4n) is 0.716. The standard InChI is InChI=1S/C6H7ClN2OS/c7-4-2-1-3(11)5(9-4)6(8)10/h1-2,4,9,11H,(H2,8,10). The molecule has 0 saturated heterocycles. The summed E-state index contributed by atoms with van der Waals surface area (Å²) in [5, 5.41) is 2.67. The molecule has 0 fully saturated rings. The first-order valence-electron chi connectivity index (χ1n) is 2.93. The third kappa shape index (κ3) is 1.91. The van der Waals surface area contributed by atoms with Crippen molar-refractivity contribution in [3.05, 3.63) is 22.8 Å². The van der Waals surface area contributed by atoms with Gasteiger partial charge < -0.3 is 11.1 Å². The molecule has 11 heavy (non-hydrogen) atoms. The molecule has 0 aromatic heterocycles. The van der Waals surface area contributed by atoms with Gasteiger partial charge in [0.1, 0.15) is 11.2 Å². The van der Waals surface area contributed by atoms with Crippen LogP contribution in [0.3, 0.4) is 0 Å². The maximum Gasteiger partial charge on any atom is 0.265 e. The smallest absolute Gasteiger partial charge is 0.265 e. The number of nitrogens with two attached hydrogens (primary N) is 1. The lowest BCUT2D eigenvalue weighted by molar-refractivity contribution is -0.114. The molecule has 0 radical (unpaired) electrons. The van der Waals surface area contributed by atoms with Gasteiger partial charge in [0.15, 0.2) is 0 Å². The van der Waals surface area contributed by atoms with Gasteiger partial charge in [0.25, 0.3) is 5.91 Å². The Labute approximate surface area is 74.7 Å². The van der Waals surface area contributed by atoms with Crippen LogP contribution in [-0.4, -0.2) is 11.4 Å². The van der Waals surface area contributed by atoms with Crippen LogP contribution in [0.25, 0.3) is 0 Å². The number of carbonyl (C=O) groups is 1. The van der Waals surface area contributed by atoms with Gasteiger partial charge in [-0.15, -0.1) is 12.6 Å². The Balaban J connectivity index is 2.90. The zero-order valence-electron chi connectivity index (χ0n) is 5.54. The molecule has 1 unspecified atom stereocenters. The second-order valence-electron chi connectivity index (χ2n) is 2.03. The third-order valence-corrected chi connectivity index (χ3v) is 1.84. The zero-order valence-corrected chi connectivity index (χ0v) is 7.19. The molecular weight excluding hydrogens is 184 g/mol. The van der Waals surface area contributed by atoms with Crippen LogP contribution in [0.2, 0.25) is 0 Å². The van der Waals surface area contributed by atoms with Crippen LogP contribution in [0.5, 0.6) is 0 Å². The van der Waals surface area contributed by atoms with Gasteiger partial charge in [0, 0.05) is 4.91 Å². The lowest BCUT2D eigenvalue weighted by Crippen LogP contribution is -2.33. The van der Waals surface area contributed by atoms with Crippen molar-refractivity contribution in [3.8, 4) is 0 Å². The molecule has 1 rings (SSSR count). The predicted molar refractivity (Wildman–Crippen MR) is 47.1 cm³/mol. The van der Waals surface area contributed by atoms with E-state index in [4.69, 9.17) is 17.3 Å². The number of hydrogen-bond donors (Lipinski definition) is 3. The summed E-state index contributed by atoms with van der Waals surface area (Å²) in [5.41, 5.74) is 4.90. The average molecular weight is 191 g/mol. The minimum Gasteiger partial charge on any atom is -0.364 e. The van der Waals surface area contributed by atoms with Crippen molar-refractivity contribution in [1.29, 1.82) is 0 Å². The Bertz CT molecular complexity index is 249. The number of hydrogen-bond acceptors (Lipinski definition) is 3. The molecule has 0 aromatic rings. The van der Waals surface area contributed by atoms with Gasteiger partial charge in [-0.2, -0.15) is 0 Å². The molecule has 0 aliphatic carbocycles. The monoisotopic (exact) mass is 190 g/mol. The molecule has 1 aliphatic rings. The molecule has 0 saturated carbocycles. The first-order valence-corrected chi connectivity index (χ1v) is 3.81. The van der Waals surface area contributed by atoms with E-state index in [1.807, 2.05) is 0 Å². The molecule has 5 heteroatoms. The summed E-state index contributed by atoms with van der Waals surface area (Å²) in [5.74, 6) is -0.551. The third-order valence-electron chi connectivity index (χ3n) is 1.21. The Morgan fingerprint density at radius 2 is 2.45 bits per heavy atom. The quantitative estimate of drug-likeness (QED) is 0.317. The largest absolute Gasteiger partial charge is 0.364 e. The number of thiol groups is 1. The molecule has 60 valence electrons. The SMILES string of the molecule is NC(=O)C1=C(S)C=CC(Cl)N1. The highest BCUT2D eigenvalue weighted by atomic mass is 35.5. The van der Waals surface area contributed by atoms with Crippen LogP contribution in [0.1, 0.15) is 0 Å². The summed E-state index contributed by atoms with van der Waals surface area (Å²) in [4.78, 5) is 11.2. The Kier molecular flexibility index (Phi) is 2.46. The topological polar surface area (TPSA) is 55.1 Å². The second kappa shape index (κ2) is 3.19. The number of primary amides is 1. The number of amides is 1. The van der Waals surface area contributed by atoms with Crippen LogP contribution in [-0.2, 0) is 4.79 Å². The van der Waals surface area contributed by atoms with Gasteiger partial charge in [0.05, 0.1) is 0 Å². The summed E-state index contributed by atoms with van der Waals surface area (Å²) >= 11 is 9.65. The van der Waals surface area contributed by atoms with Crippen molar-refractivity contribution in [2.45, 2.75) is 5.50 Å². The molecular formula is C6H7ClN2OS. The van der Waals surface area contributed by atoms with Crippen molar-refractivity contribution in [3.63, 3.8) is 0 Å². The van der Waals surface area contributed by atoms with E-state index in [9.17, 15) is 4.79 Å².